The molecule has 0 unspecified atom stereocenters. The topological polar surface area (TPSA) is 45.9 Å². The van der Waals surface area contributed by atoms with Gasteiger partial charge in [0.25, 0.3) is 0 Å². The number of aromatic nitrogens is 1. The monoisotopic (exact) mass is 334 g/mol. The van der Waals surface area contributed by atoms with Crippen LogP contribution in [0.5, 0.6) is 5.75 Å². The van der Waals surface area contributed by atoms with Crippen molar-refractivity contribution in [3.63, 3.8) is 0 Å². The maximum Gasteiger partial charge on any atom is 0.119 e. The van der Waals surface area contributed by atoms with Crippen molar-refractivity contribution in [1.29, 1.82) is 5.26 Å². The third-order valence-electron chi connectivity index (χ3n) is 2.29. The van der Waals surface area contributed by atoms with Crippen molar-refractivity contribution in [1.82, 2.24) is 4.98 Å². The average molecular weight is 335 g/mol. The van der Waals surface area contributed by atoms with Gasteiger partial charge in [0, 0.05) is 16.4 Å². The summed E-state index contributed by atoms with van der Waals surface area (Å²) < 4.78 is 6.56. The van der Waals surface area contributed by atoms with E-state index in [1.54, 1.807) is 42.2 Å². The molecule has 0 N–H and O–H groups in total. The number of hydrogen-bond donors (Lipinski definition) is 0. The fraction of sp³-hybridized carbons (Fsp3) is 0.143. The molecule has 5 heteroatoms. The van der Waals surface area contributed by atoms with Crippen LogP contribution < -0.4 is 4.74 Å². The molecule has 1 aromatic carbocycles. The van der Waals surface area contributed by atoms with Gasteiger partial charge < -0.3 is 4.74 Å². The van der Waals surface area contributed by atoms with E-state index in [1.165, 1.54) is 0 Å². The molecule has 1 aromatic heterocycles. The standard InChI is InChI=1S/C14H11BrN2OS/c15-12-3-6-14(17-10-12)19-8-7-18-13-4-1-11(9-16)2-5-13/h1-6,10H,7-8H2. The Morgan fingerprint density at radius 3 is 2.63 bits per heavy atom. The molecule has 3 nitrogen and oxygen atoms in total. The Bertz CT molecular complexity index is 563. The van der Waals surface area contributed by atoms with Crippen LogP contribution in [-0.4, -0.2) is 17.3 Å². The molecule has 2 rings (SSSR count). The van der Waals surface area contributed by atoms with Crippen LogP contribution in [0.1, 0.15) is 5.56 Å². The predicted molar refractivity (Wildman–Crippen MR) is 79.3 cm³/mol. The van der Waals surface area contributed by atoms with Gasteiger partial charge in [-0.2, -0.15) is 5.26 Å². The van der Waals surface area contributed by atoms with Gasteiger partial charge >= 0.3 is 0 Å². The van der Waals surface area contributed by atoms with Gasteiger partial charge in [-0.3, -0.25) is 0 Å². The van der Waals surface area contributed by atoms with E-state index in [1.807, 2.05) is 12.1 Å². The van der Waals surface area contributed by atoms with Crippen LogP contribution in [0.3, 0.4) is 0 Å². The second-order valence-electron chi connectivity index (χ2n) is 3.65. The van der Waals surface area contributed by atoms with Crippen LogP contribution in [0.15, 0.2) is 52.1 Å². The lowest BCUT2D eigenvalue weighted by Crippen LogP contribution is -2.00. The third-order valence-corrected chi connectivity index (χ3v) is 3.66. The molecule has 0 amide bonds. The molecule has 19 heavy (non-hydrogen) atoms. The number of nitriles is 1. The first kappa shape index (κ1) is 13.9. The van der Waals surface area contributed by atoms with Gasteiger partial charge in [-0.1, -0.05) is 0 Å². The molecule has 2 aromatic rings. The van der Waals surface area contributed by atoms with Crippen molar-refractivity contribution in [2.24, 2.45) is 0 Å². The van der Waals surface area contributed by atoms with E-state index < -0.39 is 0 Å². The molecule has 96 valence electrons. The number of rotatable bonds is 5. The van der Waals surface area contributed by atoms with Crippen LogP contribution in [0, 0.1) is 11.3 Å². The highest BCUT2D eigenvalue weighted by molar-refractivity contribution is 9.10. The predicted octanol–water partition coefficient (Wildman–Crippen LogP) is 3.89. The molecule has 0 saturated carbocycles. The Labute approximate surface area is 124 Å². The van der Waals surface area contributed by atoms with Gasteiger partial charge in [0.15, 0.2) is 0 Å². The SMILES string of the molecule is N#Cc1ccc(OCCSc2ccc(Br)cn2)cc1. The molecule has 0 aliphatic rings. The highest BCUT2D eigenvalue weighted by Crippen LogP contribution is 2.18. The minimum Gasteiger partial charge on any atom is -0.493 e. The quantitative estimate of drug-likeness (QED) is 0.614. The zero-order valence-electron chi connectivity index (χ0n) is 10.0. The summed E-state index contributed by atoms with van der Waals surface area (Å²) in [6.07, 6.45) is 1.78. The van der Waals surface area contributed by atoms with Crippen molar-refractivity contribution in [3.8, 4) is 11.8 Å². The lowest BCUT2D eigenvalue weighted by molar-refractivity contribution is 0.344. The minimum absolute atomic E-state index is 0.605. The minimum atomic E-state index is 0.605. The summed E-state index contributed by atoms with van der Waals surface area (Å²) in [4.78, 5) is 4.27. The molecule has 0 spiro atoms. The van der Waals surface area contributed by atoms with Crippen molar-refractivity contribution in [3.05, 3.63) is 52.6 Å². The Balaban J connectivity index is 1.74. The smallest absolute Gasteiger partial charge is 0.119 e. The van der Waals surface area contributed by atoms with E-state index in [-0.39, 0.29) is 0 Å². The maximum absolute atomic E-state index is 8.68. The molecule has 0 fully saturated rings. The summed E-state index contributed by atoms with van der Waals surface area (Å²) in [5, 5.41) is 9.66. The summed E-state index contributed by atoms with van der Waals surface area (Å²) in [7, 11) is 0. The number of nitrogens with zero attached hydrogens (tertiary/aromatic N) is 2. The summed E-state index contributed by atoms with van der Waals surface area (Å²) in [5.41, 5.74) is 0.640. The van der Waals surface area contributed by atoms with Crippen molar-refractivity contribution < 1.29 is 4.74 Å². The first-order chi connectivity index (χ1) is 9.28. The van der Waals surface area contributed by atoms with Gasteiger partial charge in [-0.25, -0.2) is 4.98 Å². The zero-order chi connectivity index (χ0) is 13.5. The number of pyridine rings is 1. The van der Waals surface area contributed by atoms with E-state index in [0.717, 1.165) is 21.0 Å². The summed E-state index contributed by atoms with van der Waals surface area (Å²) >= 11 is 5.00. The van der Waals surface area contributed by atoms with Crippen LogP contribution >= 0.6 is 27.7 Å². The summed E-state index contributed by atoms with van der Waals surface area (Å²) in [6, 6.07) is 13.1. The Kier molecular flexibility index (Phi) is 5.25. The second-order valence-corrected chi connectivity index (χ2v) is 5.68. The number of hydrogen-bond acceptors (Lipinski definition) is 4. The molecule has 1 heterocycles. The number of ether oxygens (including phenoxy) is 1. The van der Waals surface area contributed by atoms with Crippen LogP contribution in [0.25, 0.3) is 0 Å². The van der Waals surface area contributed by atoms with E-state index in [0.29, 0.717) is 12.2 Å². The van der Waals surface area contributed by atoms with Gasteiger partial charge in [0.2, 0.25) is 0 Å². The third kappa shape index (κ3) is 4.58. The van der Waals surface area contributed by atoms with Crippen LogP contribution in [0.2, 0.25) is 0 Å². The summed E-state index contributed by atoms with van der Waals surface area (Å²) in [5.74, 6) is 1.61. The fourth-order valence-corrected chi connectivity index (χ4v) is 2.28. The van der Waals surface area contributed by atoms with Crippen LogP contribution in [-0.2, 0) is 0 Å². The van der Waals surface area contributed by atoms with Crippen molar-refractivity contribution in [2.45, 2.75) is 5.03 Å². The Hall–Kier alpha value is -1.51. The van der Waals surface area contributed by atoms with Crippen molar-refractivity contribution in [2.75, 3.05) is 12.4 Å². The second kappa shape index (κ2) is 7.17. The van der Waals surface area contributed by atoms with E-state index in [9.17, 15) is 0 Å². The van der Waals surface area contributed by atoms with Gasteiger partial charge in [-0.15, -0.1) is 11.8 Å². The molecule has 0 radical (unpaired) electrons. The lowest BCUT2D eigenvalue weighted by atomic mass is 10.2. The molecule has 0 atom stereocenters. The van der Waals surface area contributed by atoms with Gasteiger partial charge in [0.05, 0.1) is 23.3 Å². The fourth-order valence-electron chi connectivity index (χ4n) is 1.38. The normalized spacial score (nSPS) is 9.89. The van der Waals surface area contributed by atoms with Gasteiger partial charge in [0.1, 0.15) is 5.75 Å². The molecule has 0 aliphatic carbocycles. The number of halogens is 1. The average Bonchev–Trinajstić information content (AvgIpc) is 2.46. The molecule has 0 aliphatic heterocycles. The number of benzene rings is 1. The number of thioether (sulfide) groups is 1. The van der Waals surface area contributed by atoms with E-state index >= 15 is 0 Å². The lowest BCUT2D eigenvalue weighted by Gasteiger charge is -2.05. The Morgan fingerprint density at radius 2 is 2.00 bits per heavy atom. The molecular formula is C14H11BrN2OS. The largest absolute Gasteiger partial charge is 0.493 e. The van der Waals surface area contributed by atoms with Crippen molar-refractivity contribution >= 4 is 27.7 Å². The molecule has 0 saturated heterocycles. The van der Waals surface area contributed by atoms with Crippen LogP contribution in [0.4, 0.5) is 0 Å². The maximum atomic E-state index is 8.68. The Morgan fingerprint density at radius 1 is 1.21 bits per heavy atom. The van der Waals surface area contributed by atoms with Gasteiger partial charge in [-0.05, 0) is 52.3 Å². The summed E-state index contributed by atoms with van der Waals surface area (Å²) in [6.45, 7) is 0.605. The highest BCUT2D eigenvalue weighted by Gasteiger charge is 1.98. The molecular weight excluding hydrogens is 324 g/mol. The molecule has 0 bridgehead atoms. The first-order valence-corrected chi connectivity index (χ1v) is 7.43. The van der Waals surface area contributed by atoms with E-state index in [2.05, 4.69) is 27.0 Å². The highest BCUT2D eigenvalue weighted by atomic mass is 79.9. The first-order valence-electron chi connectivity index (χ1n) is 5.65. The zero-order valence-corrected chi connectivity index (χ0v) is 12.4. The van der Waals surface area contributed by atoms with E-state index in [4.69, 9.17) is 10.00 Å².